The Morgan fingerprint density at radius 3 is 2.63 bits per heavy atom. The Morgan fingerprint density at radius 2 is 1.90 bits per heavy atom. The van der Waals surface area contributed by atoms with Gasteiger partial charge in [-0.1, -0.05) is 42.0 Å². The maximum absolute atomic E-state index is 12.6. The molecule has 6 nitrogen and oxygen atoms in total. The van der Waals surface area contributed by atoms with Gasteiger partial charge in [-0.15, -0.1) is 0 Å². The van der Waals surface area contributed by atoms with Gasteiger partial charge in [0.1, 0.15) is 17.5 Å². The number of hydrogen-bond acceptors (Lipinski definition) is 5. The highest BCUT2D eigenvalue weighted by Crippen LogP contribution is 2.32. The van der Waals surface area contributed by atoms with Gasteiger partial charge in [0.05, 0.1) is 20.3 Å². The highest BCUT2D eigenvalue weighted by atomic mass is 16.6. The third-order valence-corrected chi connectivity index (χ3v) is 5.88. The van der Waals surface area contributed by atoms with Crippen LogP contribution in [0.1, 0.15) is 23.1 Å². The first kappa shape index (κ1) is 20.8. The fourth-order valence-electron chi connectivity index (χ4n) is 4.14. The molecule has 0 saturated carbocycles. The van der Waals surface area contributed by atoms with Gasteiger partial charge in [0.15, 0.2) is 0 Å². The van der Waals surface area contributed by atoms with Gasteiger partial charge in [0.25, 0.3) is 0 Å². The number of methoxy groups -OCH3 is 1. The Morgan fingerprint density at radius 1 is 1.17 bits per heavy atom. The first-order chi connectivity index (χ1) is 14.5. The van der Waals surface area contributed by atoms with Crippen LogP contribution in [0.3, 0.4) is 0 Å². The van der Waals surface area contributed by atoms with E-state index in [4.69, 9.17) is 14.2 Å². The molecule has 2 fully saturated rings. The van der Waals surface area contributed by atoms with Crippen LogP contribution in [0.5, 0.6) is 5.75 Å². The Kier molecular flexibility index (Phi) is 6.37. The van der Waals surface area contributed by atoms with Crippen LogP contribution in [0.2, 0.25) is 0 Å². The molecule has 2 atom stereocenters. The second kappa shape index (κ2) is 9.16. The van der Waals surface area contributed by atoms with Gasteiger partial charge in [-0.05, 0) is 30.2 Å². The Bertz CT molecular complexity index is 853. The number of carbonyl (C=O) groups excluding carboxylic acids is 1. The average Bonchev–Trinajstić information content (AvgIpc) is 3.17. The molecule has 6 heteroatoms. The third-order valence-electron chi connectivity index (χ3n) is 5.88. The molecule has 160 valence electrons. The largest absolute Gasteiger partial charge is 0.497 e. The lowest BCUT2D eigenvalue weighted by molar-refractivity contribution is -0.130. The number of carbonyl (C=O) groups is 1. The lowest BCUT2D eigenvalue weighted by Gasteiger charge is -2.39. The Labute approximate surface area is 178 Å². The van der Waals surface area contributed by atoms with Gasteiger partial charge in [-0.3, -0.25) is 9.69 Å². The van der Waals surface area contributed by atoms with Gasteiger partial charge in [0, 0.05) is 32.6 Å². The molecule has 30 heavy (non-hydrogen) atoms. The van der Waals surface area contributed by atoms with E-state index in [1.807, 2.05) is 24.3 Å². The lowest BCUT2D eigenvalue weighted by Crippen LogP contribution is -2.52. The van der Waals surface area contributed by atoms with Crippen molar-refractivity contribution in [1.82, 2.24) is 10.2 Å². The standard InChI is InChI=1S/C24H30N2O4/c1-18-3-5-19(6-4-18)14-25-23(27)22-13-24(17-29-22)16-26(11-12-30-24)15-20-7-9-21(28-2)10-8-20/h3-10,22H,11-17H2,1-2H3,(H,25,27). The predicted octanol–water partition coefficient (Wildman–Crippen LogP) is 2.68. The van der Waals surface area contributed by atoms with E-state index in [9.17, 15) is 4.79 Å². The molecule has 1 amide bonds. The molecule has 0 radical (unpaired) electrons. The average molecular weight is 411 g/mol. The van der Waals surface area contributed by atoms with Crippen LogP contribution >= 0.6 is 0 Å². The van der Waals surface area contributed by atoms with Crippen molar-refractivity contribution in [3.63, 3.8) is 0 Å². The molecule has 4 rings (SSSR count). The maximum Gasteiger partial charge on any atom is 0.249 e. The van der Waals surface area contributed by atoms with Gasteiger partial charge < -0.3 is 19.5 Å². The van der Waals surface area contributed by atoms with Crippen molar-refractivity contribution in [3.05, 3.63) is 65.2 Å². The quantitative estimate of drug-likeness (QED) is 0.794. The summed E-state index contributed by atoms with van der Waals surface area (Å²) in [7, 11) is 1.67. The first-order valence-corrected chi connectivity index (χ1v) is 10.5. The third kappa shape index (κ3) is 5.01. The second-order valence-corrected chi connectivity index (χ2v) is 8.30. The van der Waals surface area contributed by atoms with Crippen molar-refractivity contribution >= 4 is 5.91 Å². The predicted molar refractivity (Wildman–Crippen MR) is 114 cm³/mol. The summed E-state index contributed by atoms with van der Waals surface area (Å²) in [6.07, 6.45) is 0.127. The molecular weight excluding hydrogens is 380 g/mol. The number of hydrogen-bond donors (Lipinski definition) is 1. The Balaban J connectivity index is 1.30. The molecule has 2 unspecified atom stereocenters. The summed E-state index contributed by atoms with van der Waals surface area (Å²) in [6.45, 7) is 6.15. The summed E-state index contributed by atoms with van der Waals surface area (Å²) in [5.41, 5.74) is 3.12. The number of nitrogens with zero attached hydrogens (tertiary/aromatic N) is 1. The van der Waals surface area contributed by atoms with E-state index in [0.717, 1.165) is 30.9 Å². The van der Waals surface area contributed by atoms with Crippen molar-refractivity contribution in [2.45, 2.75) is 38.1 Å². The fourth-order valence-corrected chi connectivity index (χ4v) is 4.14. The Hall–Kier alpha value is -2.41. The van der Waals surface area contributed by atoms with Crippen molar-refractivity contribution in [3.8, 4) is 5.75 Å². The first-order valence-electron chi connectivity index (χ1n) is 10.5. The topological polar surface area (TPSA) is 60.0 Å². The van der Waals surface area contributed by atoms with Gasteiger partial charge in [0.2, 0.25) is 5.91 Å². The maximum atomic E-state index is 12.6. The fraction of sp³-hybridized carbons (Fsp3) is 0.458. The SMILES string of the molecule is COc1ccc(CN2CCOC3(COC(C(=O)NCc4ccc(C)cc4)C3)C2)cc1. The van der Waals surface area contributed by atoms with E-state index in [1.165, 1.54) is 11.1 Å². The zero-order chi connectivity index (χ0) is 21.0. The van der Waals surface area contributed by atoms with Crippen LogP contribution in [0.25, 0.3) is 0 Å². The summed E-state index contributed by atoms with van der Waals surface area (Å²) in [4.78, 5) is 15.0. The van der Waals surface area contributed by atoms with Crippen molar-refractivity contribution in [1.29, 1.82) is 0 Å². The highest BCUT2D eigenvalue weighted by Gasteiger charge is 2.46. The smallest absolute Gasteiger partial charge is 0.249 e. The molecule has 2 heterocycles. The van der Waals surface area contributed by atoms with E-state index in [1.54, 1.807) is 7.11 Å². The van der Waals surface area contributed by atoms with Crippen LogP contribution in [-0.2, 0) is 27.4 Å². The monoisotopic (exact) mass is 410 g/mol. The van der Waals surface area contributed by atoms with Gasteiger partial charge >= 0.3 is 0 Å². The molecule has 2 aromatic carbocycles. The summed E-state index contributed by atoms with van der Waals surface area (Å²) in [5.74, 6) is 0.796. The molecule has 2 saturated heterocycles. The molecule has 0 aliphatic carbocycles. The zero-order valence-electron chi connectivity index (χ0n) is 17.7. The van der Waals surface area contributed by atoms with Gasteiger partial charge in [-0.25, -0.2) is 0 Å². The number of benzene rings is 2. The minimum absolute atomic E-state index is 0.0664. The molecule has 2 aromatic rings. The van der Waals surface area contributed by atoms with E-state index >= 15 is 0 Å². The summed E-state index contributed by atoms with van der Waals surface area (Å²) in [6, 6.07) is 16.3. The molecular formula is C24H30N2O4. The normalized spacial score (nSPS) is 24.1. The number of nitrogens with one attached hydrogen (secondary N) is 1. The second-order valence-electron chi connectivity index (χ2n) is 8.30. The van der Waals surface area contributed by atoms with Crippen LogP contribution in [-0.4, -0.2) is 55.9 Å². The summed E-state index contributed by atoms with van der Waals surface area (Å²) in [5, 5.41) is 3.00. The van der Waals surface area contributed by atoms with Crippen molar-refractivity contribution in [2.75, 3.05) is 33.4 Å². The van der Waals surface area contributed by atoms with Crippen LogP contribution in [0, 0.1) is 6.92 Å². The van der Waals surface area contributed by atoms with Crippen LogP contribution in [0.4, 0.5) is 0 Å². The molecule has 2 aliphatic rings. The molecule has 1 N–H and O–H groups in total. The van der Waals surface area contributed by atoms with Crippen molar-refractivity contribution in [2.24, 2.45) is 0 Å². The van der Waals surface area contributed by atoms with Crippen molar-refractivity contribution < 1.29 is 19.0 Å². The molecule has 1 spiro atoms. The number of aryl methyl sites for hydroxylation is 1. The minimum atomic E-state index is -0.462. The number of morpholine rings is 1. The zero-order valence-corrected chi connectivity index (χ0v) is 17.7. The molecule has 2 aliphatic heterocycles. The van der Waals surface area contributed by atoms with E-state index in [-0.39, 0.29) is 5.91 Å². The minimum Gasteiger partial charge on any atom is -0.497 e. The van der Waals surface area contributed by atoms with Crippen LogP contribution in [0.15, 0.2) is 48.5 Å². The highest BCUT2D eigenvalue weighted by molar-refractivity contribution is 5.81. The number of rotatable bonds is 6. The molecule has 0 bridgehead atoms. The van der Waals surface area contributed by atoms with Crippen LogP contribution < -0.4 is 10.1 Å². The summed E-state index contributed by atoms with van der Waals surface area (Å²) < 4.78 is 17.2. The van der Waals surface area contributed by atoms with E-state index in [0.29, 0.717) is 26.2 Å². The number of ether oxygens (including phenoxy) is 3. The molecule has 0 aromatic heterocycles. The summed E-state index contributed by atoms with van der Waals surface area (Å²) >= 11 is 0. The van der Waals surface area contributed by atoms with E-state index in [2.05, 4.69) is 41.4 Å². The number of amides is 1. The van der Waals surface area contributed by atoms with Gasteiger partial charge in [-0.2, -0.15) is 0 Å². The lowest BCUT2D eigenvalue weighted by atomic mass is 9.97. The van der Waals surface area contributed by atoms with E-state index < -0.39 is 11.7 Å².